The van der Waals surface area contributed by atoms with Gasteiger partial charge in [0, 0.05) is 6.42 Å². The van der Waals surface area contributed by atoms with Gasteiger partial charge in [0.05, 0.1) is 0 Å². The molecule has 0 fully saturated rings. The van der Waals surface area contributed by atoms with Crippen LogP contribution in [0.3, 0.4) is 0 Å². The molecule has 1 aromatic carbocycles. The SMILES string of the molecule is O=C1C=C(c2ccccc2)CC1(F)F. The molecule has 0 saturated carbocycles. The van der Waals surface area contributed by atoms with Gasteiger partial charge in [0.1, 0.15) is 0 Å². The van der Waals surface area contributed by atoms with E-state index in [1.807, 2.05) is 0 Å². The maximum atomic E-state index is 12.9. The summed E-state index contributed by atoms with van der Waals surface area (Å²) in [5, 5.41) is 0. The molecule has 0 radical (unpaired) electrons. The highest BCUT2D eigenvalue weighted by atomic mass is 19.3. The minimum absolute atomic E-state index is 0.417. The summed E-state index contributed by atoms with van der Waals surface area (Å²) in [5.41, 5.74) is 1.11. The molecule has 0 saturated heterocycles. The highest BCUT2D eigenvalue weighted by Crippen LogP contribution is 2.36. The number of alkyl halides is 2. The van der Waals surface area contributed by atoms with Crippen molar-refractivity contribution in [1.82, 2.24) is 0 Å². The van der Waals surface area contributed by atoms with Gasteiger partial charge >= 0.3 is 5.92 Å². The van der Waals surface area contributed by atoms with Crippen LogP contribution in [0.5, 0.6) is 0 Å². The van der Waals surface area contributed by atoms with E-state index in [-0.39, 0.29) is 0 Å². The van der Waals surface area contributed by atoms with Crippen LogP contribution in [0.1, 0.15) is 12.0 Å². The van der Waals surface area contributed by atoms with Crippen molar-refractivity contribution in [3.8, 4) is 0 Å². The molecule has 2 rings (SSSR count). The van der Waals surface area contributed by atoms with Gasteiger partial charge in [0.25, 0.3) is 0 Å². The third-order valence-electron chi connectivity index (χ3n) is 2.22. The van der Waals surface area contributed by atoms with E-state index in [1.165, 1.54) is 0 Å². The van der Waals surface area contributed by atoms with E-state index in [2.05, 4.69) is 0 Å². The Labute approximate surface area is 80.1 Å². The van der Waals surface area contributed by atoms with E-state index >= 15 is 0 Å². The maximum Gasteiger partial charge on any atom is 0.313 e. The average molecular weight is 194 g/mol. The Hall–Kier alpha value is -1.51. The first-order valence-electron chi connectivity index (χ1n) is 4.28. The molecular formula is C11H8F2O. The van der Waals surface area contributed by atoms with Gasteiger partial charge in [-0.15, -0.1) is 0 Å². The van der Waals surface area contributed by atoms with Gasteiger partial charge in [-0.25, -0.2) is 0 Å². The van der Waals surface area contributed by atoms with Crippen molar-refractivity contribution in [2.75, 3.05) is 0 Å². The average Bonchev–Trinajstić information content (AvgIpc) is 2.43. The Balaban J connectivity index is 2.33. The van der Waals surface area contributed by atoms with Crippen molar-refractivity contribution >= 4 is 11.4 Å². The number of rotatable bonds is 1. The summed E-state index contributed by atoms with van der Waals surface area (Å²) in [5.74, 6) is -4.29. The Kier molecular flexibility index (Phi) is 1.95. The molecule has 3 heteroatoms. The molecule has 1 aliphatic rings. The summed E-state index contributed by atoms with van der Waals surface area (Å²) in [4.78, 5) is 10.9. The summed E-state index contributed by atoms with van der Waals surface area (Å²) in [6, 6.07) is 8.77. The number of carbonyl (C=O) groups is 1. The van der Waals surface area contributed by atoms with Crippen LogP contribution in [0.4, 0.5) is 8.78 Å². The van der Waals surface area contributed by atoms with Gasteiger partial charge in [0.15, 0.2) is 0 Å². The van der Waals surface area contributed by atoms with Crippen LogP contribution in [-0.4, -0.2) is 11.7 Å². The second-order valence-corrected chi connectivity index (χ2v) is 3.28. The lowest BCUT2D eigenvalue weighted by Gasteiger charge is -2.06. The smallest absolute Gasteiger partial charge is 0.288 e. The molecular weight excluding hydrogens is 186 g/mol. The Morgan fingerprint density at radius 3 is 2.29 bits per heavy atom. The number of halogens is 2. The van der Waals surface area contributed by atoms with Crippen LogP contribution in [0.15, 0.2) is 36.4 Å². The van der Waals surface area contributed by atoms with Gasteiger partial charge in [-0.05, 0) is 17.2 Å². The standard InChI is InChI=1S/C11H8F2O/c12-11(13)7-9(6-10(11)14)8-4-2-1-3-5-8/h1-6H,7H2. The Morgan fingerprint density at radius 1 is 1.14 bits per heavy atom. The van der Waals surface area contributed by atoms with E-state index < -0.39 is 18.1 Å². The predicted molar refractivity (Wildman–Crippen MR) is 49.0 cm³/mol. The molecule has 0 heterocycles. The lowest BCUT2D eigenvalue weighted by atomic mass is 10.1. The lowest BCUT2D eigenvalue weighted by molar-refractivity contribution is -0.135. The van der Waals surface area contributed by atoms with Crippen molar-refractivity contribution in [3.63, 3.8) is 0 Å². The normalized spacial score (nSPS) is 19.6. The molecule has 0 aliphatic heterocycles. The van der Waals surface area contributed by atoms with Crippen molar-refractivity contribution in [3.05, 3.63) is 42.0 Å². The zero-order chi connectivity index (χ0) is 10.2. The van der Waals surface area contributed by atoms with E-state index in [0.717, 1.165) is 6.08 Å². The van der Waals surface area contributed by atoms with Crippen LogP contribution < -0.4 is 0 Å². The first-order valence-corrected chi connectivity index (χ1v) is 4.28. The molecule has 0 amide bonds. The third-order valence-corrected chi connectivity index (χ3v) is 2.22. The second-order valence-electron chi connectivity index (χ2n) is 3.28. The molecule has 0 aromatic heterocycles. The molecule has 1 aliphatic carbocycles. The molecule has 14 heavy (non-hydrogen) atoms. The lowest BCUT2D eigenvalue weighted by Crippen LogP contribution is -2.21. The van der Waals surface area contributed by atoms with E-state index in [1.54, 1.807) is 30.3 Å². The first kappa shape index (κ1) is 9.06. The molecule has 0 unspecified atom stereocenters. The molecule has 72 valence electrons. The van der Waals surface area contributed by atoms with Gasteiger partial charge in [-0.3, -0.25) is 4.79 Å². The molecule has 0 bridgehead atoms. The molecule has 0 spiro atoms. The zero-order valence-corrected chi connectivity index (χ0v) is 7.34. The van der Waals surface area contributed by atoms with Crippen LogP contribution >= 0.6 is 0 Å². The van der Waals surface area contributed by atoms with Crippen LogP contribution in [0.2, 0.25) is 0 Å². The fraction of sp³-hybridized carbons (Fsp3) is 0.182. The van der Waals surface area contributed by atoms with Gasteiger partial charge in [0.2, 0.25) is 5.78 Å². The minimum Gasteiger partial charge on any atom is -0.288 e. The first-order chi connectivity index (χ1) is 6.59. The quantitative estimate of drug-likeness (QED) is 0.671. The van der Waals surface area contributed by atoms with Gasteiger partial charge in [-0.2, -0.15) is 8.78 Å². The Morgan fingerprint density at radius 2 is 1.79 bits per heavy atom. The number of ketones is 1. The predicted octanol–water partition coefficient (Wildman–Crippen LogP) is 2.68. The zero-order valence-electron chi connectivity index (χ0n) is 7.34. The fourth-order valence-electron chi connectivity index (χ4n) is 1.48. The van der Waals surface area contributed by atoms with Crippen molar-refractivity contribution < 1.29 is 13.6 Å². The maximum absolute atomic E-state index is 12.9. The van der Waals surface area contributed by atoms with Crippen molar-refractivity contribution in [1.29, 1.82) is 0 Å². The fourth-order valence-corrected chi connectivity index (χ4v) is 1.48. The summed E-state index contributed by atoms with van der Waals surface area (Å²) in [7, 11) is 0. The van der Waals surface area contributed by atoms with Crippen molar-refractivity contribution in [2.24, 2.45) is 0 Å². The third kappa shape index (κ3) is 1.45. The molecule has 1 nitrogen and oxygen atoms in total. The number of hydrogen-bond donors (Lipinski definition) is 0. The summed E-state index contributed by atoms with van der Waals surface area (Å²) < 4.78 is 25.7. The Bertz CT molecular complexity index is 393. The summed E-state index contributed by atoms with van der Waals surface area (Å²) >= 11 is 0. The summed E-state index contributed by atoms with van der Waals surface area (Å²) in [6.07, 6.45) is 0.561. The van der Waals surface area contributed by atoms with Gasteiger partial charge < -0.3 is 0 Å². The minimum atomic E-state index is -3.20. The summed E-state index contributed by atoms with van der Waals surface area (Å²) in [6.45, 7) is 0. The van der Waals surface area contributed by atoms with Crippen LogP contribution in [0, 0.1) is 0 Å². The van der Waals surface area contributed by atoms with Crippen LogP contribution in [0.25, 0.3) is 5.57 Å². The van der Waals surface area contributed by atoms with Gasteiger partial charge in [-0.1, -0.05) is 30.3 Å². The monoisotopic (exact) mass is 194 g/mol. The van der Waals surface area contributed by atoms with E-state index in [4.69, 9.17) is 0 Å². The largest absolute Gasteiger partial charge is 0.313 e. The molecule has 1 aromatic rings. The van der Waals surface area contributed by atoms with E-state index in [0.29, 0.717) is 11.1 Å². The topological polar surface area (TPSA) is 17.1 Å². The number of allylic oxidation sites excluding steroid dienone is 2. The highest BCUT2D eigenvalue weighted by Gasteiger charge is 2.43. The number of hydrogen-bond acceptors (Lipinski definition) is 1. The van der Waals surface area contributed by atoms with Crippen molar-refractivity contribution in [2.45, 2.75) is 12.3 Å². The molecule has 0 N–H and O–H groups in total. The number of benzene rings is 1. The highest BCUT2D eigenvalue weighted by molar-refractivity contribution is 6.06. The van der Waals surface area contributed by atoms with E-state index in [9.17, 15) is 13.6 Å². The van der Waals surface area contributed by atoms with Crippen LogP contribution in [-0.2, 0) is 4.79 Å². The number of carbonyl (C=O) groups excluding carboxylic acids is 1. The second kappa shape index (κ2) is 3.01. The molecule has 0 atom stereocenters.